The van der Waals surface area contributed by atoms with E-state index in [0.717, 1.165) is 39.3 Å². The van der Waals surface area contributed by atoms with Crippen molar-refractivity contribution in [3.63, 3.8) is 0 Å². The van der Waals surface area contributed by atoms with E-state index >= 15 is 0 Å². The van der Waals surface area contributed by atoms with Gasteiger partial charge in [-0.2, -0.15) is 0 Å². The second kappa shape index (κ2) is 10.2. The van der Waals surface area contributed by atoms with Crippen LogP contribution >= 0.6 is 11.8 Å². The fraction of sp³-hybridized carbons (Fsp3) is 0.259. The van der Waals surface area contributed by atoms with E-state index in [2.05, 4.69) is 10.3 Å². The number of nitrogens with zero attached hydrogens (tertiary/aromatic N) is 3. The summed E-state index contributed by atoms with van der Waals surface area (Å²) < 4.78 is 0. The molecule has 0 aliphatic carbocycles. The summed E-state index contributed by atoms with van der Waals surface area (Å²) in [5.74, 6) is -0.318. The lowest BCUT2D eigenvalue weighted by molar-refractivity contribution is -0.128. The number of benzene rings is 2. The van der Waals surface area contributed by atoms with Crippen molar-refractivity contribution in [1.29, 1.82) is 0 Å². The summed E-state index contributed by atoms with van der Waals surface area (Å²) in [6.45, 7) is 8.26. The number of amidine groups is 1. The number of rotatable bonds is 6. The fourth-order valence-corrected chi connectivity index (χ4v) is 4.86. The first-order valence-electron chi connectivity index (χ1n) is 11.2. The summed E-state index contributed by atoms with van der Waals surface area (Å²) in [5.41, 5.74) is 6.54. The lowest BCUT2D eigenvalue weighted by atomic mass is 10.1. The van der Waals surface area contributed by atoms with Crippen molar-refractivity contribution in [2.45, 2.75) is 45.9 Å². The predicted octanol–water partition coefficient (Wildman–Crippen LogP) is 5.48. The molecule has 1 aliphatic rings. The van der Waals surface area contributed by atoms with Gasteiger partial charge in [0, 0.05) is 18.3 Å². The van der Waals surface area contributed by atoms with Gasteiger partial charge in [-0.05, 0) is 74.2 Å². The molecule has 2 amide bonds. The van der Waals surface area contributed by atoms with E-state index in [1.807, 2.05) is 82.3 Å². The Bertz CT molecular complexity index is 1260. The van der Waals surface area contributed by atoms with E-state index < -0.39 is 5.25 Å². The Morgan fingerprint density at radius 2 is 1.76 bits per heavy atom. The van der Waals surface area contributed by atoms with Crippen LogP contribution in [-0.2, 0) is 16.1 Å². The largest absolute Gasteiger partial charge is 0.326 e. The van der Waals surface area contributed by atoms with Crippen molar-refractivity contribution in [2.75, 3.05) is 5.32 Å². The first-order chi connectivity index (χ1) is 16.3. The number of aliphatic imine (C=N–C) groups is 1. The third kappa shape index (κ3) is 5.54. The van der Waals surface area contributed by atoms with Crippen LogP contribution in [0.3, 0.4) is 0 Å². The standard InChI is InChI=1S/C27H28N4O2S/c1-17-8-10-19(3)22(13-17)29-25(32)15-24-26(33)31(16-21-7-5-6-12-28-21)27(34-24)30-23-14-18(2)9-11-20(23)4/h5-14,24H,15-16H2,1-4H3,(H,29,32). The number of pyridine rings is 1. The predicted molar refractivity (Wildman–Crippen MR) is 138 cm³/mol. The maximum atomic E-state index is 13.4. The highest BCUT2D eigenvalue weighted by atomic mass is 32.2. The summed E-state index contributed by atoms with van der Waals surface area (Å²) in [5, 5.41) is 3.02. The molecule has 1 saturated heterocycles. The van der Waals surface area contributed by atoms with Crippen molar-refractivity contribution >= 4 is 40.1 Å². The van der Waals surface area contributed by atoms with Crippen molar-refractivity contribution in [1.82, 2.24) is 9.88 Å². The van der Waals surface area contributed by atoms with Gasteiger partial charge < -0.3 is 5.32 Å². The van der Waals surface area contributed by atoms with Gasteiger partial charge in [-0.1, -0.05) is 42.1 Å². The number of carbonyl (C=O) groups is 2. The van der Waals surface area contributed by atoms with Gasteiger partial charge in [0.15, 0.2) is 5.17 Å². The number of carbonyl (C=O) groups excluding carboxylic acids is 2. The minimum absolute atomic E-state index is 0.0709. The summed E-state index contributed by atoms with van der Waals surface area (Å²) in [4.78, 5) is 37.1. The fourth-order valence-electron chi connectivity index (χ4n) is 3.71. The SMILES string of the molecule is Cc1ccc(C)c(N=C2SC(CC(=O)Nc3cc(C)ccc3C)C(=O)N2Cc2ccccn2)c1. The Labute approximate surface area is 204 Å². The molecule has 2 heterocycles. The van der Waals surface area contributed by atoms with Crippen LogP contribution in [0.15, 0.2) is 65.8 Å². The van der Waals surface area contributed by atoms with Crippen LogP contribution in [0.4, 0.5) is 11.4 Å². The van der Waals surface area contributed by atoms with Gasteiger partial charge >= 0.3 is 0 Å². The monoisotopic (exact) mass is 472 g/mol. The Morgan fingerprint density at radius 1 is 1.03 bits per heavy atom. The molecule has 1 aromatic heterocycles. The molecular formula is C27H28N4O2S. The molecule has 34 heavy (non-hydrogen) atoms. The smallest absolute Gasteiger partial charge is 0.243 e. The number of nitrogens with one attached hydrogen (secondary N) is 1. The third-order valence-corrected chi connectivity index (χ3v) is 6.86. The molecule has 1 aliphatic heterocycles. The first kappa shape index (κ1) is 23.7. The quantitative estimate of drug-likeness (QED) is 0.516. The van der Waals surface area contributed by atoms with E-state index in [9.17, 15) is 9.59 Å². The number of hydrogen-bond acceptors (Lipinski definition) is 5. The van der Waals surface area contributed by atoms with Gasteiger partial charge in [-0.3, -0.25) is 19.5 Å². The molecule has 3 aromatic rings. The van der Waals surface area contributed by atoms with Crippen molar-refractivity contribution in [2.24, 2.45) is 4.99 Å². The molecule has 0 bridgehead atoms. The molecule has 0 spiro atoms. The topological polar surface area (TPSA) is 74.7 Å². The molecule has 4 rings (SSSR count). The lowest BCUT2D eigenvalue weighted by Crippen LogP contribution is -2.33. The number of aryl methyl sites for hydroxylation is 4. The van der Waals surface area contributed by atoms with Gasteiger partial charge in [0.25, 0.3) is 0 Å². The molecule has 0 radical (unpaired) electrons. The molecule has 0 saturated carbocycles. The number of hydrogen-bond donors (Lipinski definition) is 1. The molecule has 2 aromatic carbocycles. The average molecular weight is 473 g/mol. The molecule has 1 fully saturated rings. The van der Waals surface area contributed by atoms with Crippen molar-refractivity contribution in [3.05, 3.63) is 88.7 Å². The zero-order valence-corrected chi connectivity index (χ0v) is 20.6. The summed E-state index contributed by atoms with van der Waals surface area (Å²) in [7, 11) is 0. The van der Waals surface area contributed by atoms with Gasteiger partial charge in [-0.15, -0.1) is 0 Å². The highest BCUT2D eigenvalue weighted by Gasteiger charge is 2.39. The molecule has 1 unspecified atom stereocenters. The van der Waals surface area contributed by atoms with E-state index in [1.165, 1.54) is 11.8 Å². The minimum atomic E-state index is -0.544. The number of aromatic nitrogens is 1. The van der Waals surface area contributed by atoms with E-state index in [-0.39, 0.29) is 18.2 Å². The van der Waals surface area contributed by atoms with Gasteiger partial charge in [-0.25, -0.2) is 4.99 Å². The number of thioether (sulfide) groups is 1. The normalized spacial score (nSPS) is 16.8. The second-order valence-electron chi connectivity index (χ2n) is 8.61. The van der Waals surface area contributed by atoms with Gasteiger partial charge in [0.2, 0.25) is 11.8 Å². The van der Waals surface area contributed by atoms with Crippen LogP contribution in [0.5, 0.6) is 0 Å². The van der Waals surface area contributed by atoms with Gasteiger partial charge in [0.05, 0.1) is 17.9 Å². The van der Waals surface area contributed by atoms with E-state index in [1.54, 1.807) is 11.1 Å². The summed E-state index contributed by atoms with van der Waals surface area (Å²) in [6, 6.07) is 17.6. The van der Waals surface area contributed by atoms with Crippen LogP contribution in [0.2, 0.25) is 0 Å². The van der Waals surface area contributed by atoms with E-state index in [0.29, 0.717) is 11.7 Å². The summed E-state index contributed by atoms with van der Waals surface area (Å²) >= 11 is 1.34. The van der Waals surface area contributed by atoms with Crippen LogP contribution in [0.1, 0.15) is 34.4 Å². The average Bonchev–Trinajstić information content (AvgIpc) is 3.08. The maximum absolute atomic E-state index is 13.4. The Balaban J connectivity index is 1.58. The zero-order valence-electron chi connectivity index (χ0n) is 19.8. The Hall–Kier alpha value is -3.45. The molecule has 1 atom stereocenters. The van der Waals surface area contributed by atoms with Crippen LogP contribution in [0.25, 0.3) is 0 Å². The molecule has 6 nitrogen and oxygen atoms in total. The molecule has 174 valence electrons. The summed E-state index contributed by atoms with van der Waals surface area (Å²) in [6.07, 6.45) is 1.78. The number of amides is 2. The van der Waals surface area contributed by atoms with Crippen LogP contribution < -0.4 is 5.32 Å². The highest BCUT2D eigenvalue weighted by molar-refractivity contribution is 8.15. The van der Waals surface area contributed by atoms with Crippen molar-refractivity contribution in [3.8, 4) is 0 Å². The highest BCUT2D eigenvalue weighted by Crippen LogP contribution is 2.34. The van der Waals surface area contributed by atoms with E-state index in [4.69, 9.17) is 4.99 Å². The number of anilines is 1. The van der Waals surface area contributed by atoms with Crippen molar-refractivity contribution < 1.29 is 9.59 Å². The van der Waals surface area contributed by atoms with Crippen LogP contribution in [0, 0.1) is 27.7 Å². The molecule has 7 heteroatoms. The molecule has 1 N–H and O–H groups in total. The zero-order chi connectivity index (χ0) is 24.2. The first-order valence-corrected chi connectivity index (χ1v) is 12.1. The Morgan fingerprint density at radius 3 is 2.50 bits per heavy atom. The van der Waals surface area contributed by atoms with Gasteiger partial charge in [0.1, 0.15) is 5.25 Å². The molecular weight excluding hydrogens is 444 g/mol. The third-order valence-electron chi connectivity index (χ3n) is 5.68. The second-order valence-corrected chi connectivity index (χ2v) is 9.78. The minimum Gasteiger partial charge on any atom is -0.326 e. The van der Waals surface area contributed by atoms with Crippen LogP contribution in [-0.4, -0.2) is 32.1 Å². The maximum Gasteiger partial charge on any atom is 0.243 e. The Kier molecular flexibility index (Phi) is 7.12. The lowest BCUT2D eigenvalue weighted by Gasteiger charge is -2.16.